The van der Waals surface area contributed by atoms with Crippen molar-refractivity contribution in [1.29, 1.82) is 0 Å². The minimum atomic E-state index is -0.641. The summed E-state index contributed by atoms with van der Waals surface area (Å²) in [4.78, 5) is 24.9. The molecule has 0 aromatic carbocycles. The molecule has 0 aliphatic carbocycles. The highest BCUT2D eigenvalue weighted by atomic mass is 79.9. The lowest BCUT2D eigenvalue weighted by Gasteiger charge is -2.14. The summed E-state index contributed by atoms with van der Waals surface area (Å²) in [5, 5.41) is 9.68. The predicted octanol–water partition coefficient (Wildman–Crippen LogP) is 3.26. The molecule has 8 heteroatoms. The van der Waals surface area contributed by atoms with Crippen LogP contribution in [-0.2, 0) is 11.3 Å². The van der Waals surface area contributed by atoms with E-state index in [-0.39, 0.29) is 11.8 Å². The second-order valence-corrected chi connectivity index (χ2v) is 7.54. The molecule has 2 heterocycles. The van der Waals surface area contributed by atoms with Crippen LogP contribution >= 0.6 is 27.3 Å². The first-order valence-corrected chi connectivity index (χ1v) is 9.01. The Morgan fingerprint density at radius 1 is 1.39 bits per heavy atom. The van der Waals surface area contributed by atoms with Crippen molar-refractivity contribution < 1.29 is 9.59 Å². The smallest absolute Gasteiger partial charge is 0.262 e. The molecule has 0 spiro atoms. The van der Waals surface area contributed by atoms with Crippen LogP contribution in [-0.4, -0.2) is 27.6 Å². The summed E-state index contributed by atoms with van der Waals surface area (Å²) in [6.45, 7) is 4.51. The minimum absolute atomic E-state index is 0.261. The fourth-order valence-corrected chi connectivity index (χ4v) is 3.22. The van der Waals surface area contributed by atoms with Crippen LogP contribution in [0, 0.1) is 0 Å². The van der Waals surface area contributed by atoms with Gasteiger partial charge in [-0.25, -0.2) is 4.68 Å². The number of halogens is 1. The van der Waals surface area contributed by atoms with Crippen molar-refractivity contribution in [3.8, 4) is 0 Å². The largest absolute Gasteiger partial charge is 0.340 e. The molecule has 124 valence electrons. The number of carbonyl (C=O) groups excluding carboxylic acids is 2. The van der Waals surface area contributed by atoms with Gasteiger partial charge in [0.15, 0.2) is 0 Å². The summed E-state index contributed by atoms with van der Waals surface area (Å²) in [5.74, 6) is 0.110. The van der Waals surface area contributed by atoms with E-state index in [2.05, 4.69) is 38.6 Å². The van der Waals surface area contributed by atoms with E-state index >= 15 is 0 Å². The first kappa shape index (κ1) is 17.7. The third-order valence-corrected chi connectivity index (χ3v) is 4.85. The molecule has 6 nitrogen and oxygen atoms in total. The fourth-order valence-electron chi connectivity index (χ4n) is 1.93. The maximum Gasteiger partial charge on any atom is 0.262 e. The molecule has 2 amide bonds. The molecular weight excluding hydrogens is 380 g/mol. The highest BCUT2D eigenvalue weighted by molar-refractivity contribution is 9.11. The molecule has 2 aromatic rings. The van der Waals surface area contributed by atoms with Crippen LogP contribution < -0.4 is 10.6 Å². The molecule has 2 aromatic heterocycles. The van der Waals surface area contributed by atoms with Gasteiger partial charge in [-0.15, -0.1) is 11.3 Å². The molecule has 0 bridgehead atoms. The van der Waals surface area contributed by atoms with Gasteiger partial charge in [0.1, 0.15) is 11.9 Å². The summed E-state index contributed by atoms with van der Waals surface area (Å²) >= 11 is 4.64. The zero-order chi connectivity index (χ0) is 16.8. The van der Waals surface area contributed by atoms with Gasteiger partial charge in [-0.05, 0) is 41.4 Å². The Hall–Kier alpha value is -1.67. The number of aryl methyl sites for hydroxylation is 1. The fraction of sp³-hybridized carbons (Fsp3) is 0.400. The van der Waals surface area contributed by atoms with Gasteiger partial charge < -0.3 is 10.6 Å². The summed E-state index contributed by atoms with van der Waals surface area (Å²) in [5.41, 5.74) is 0. The zero-order valence-corrected chi connectivity index (χ0v) is 15.4. The second-order valence-electron chi connectivity index (χ2n) is 5.08. The van der Waals surface area contributed by atoms with Crippen LogP contribution in [0.3, 0.4) is 0 Å². The number of carbonyl (C=O) groups is 2. The predicted molar refractivity (Wildman–Crippen MR) is 94.7 cm³/mol. The van der Waals surface area contributed by atoms with Crippen molar-refractivity contribution in [3.05, 3.63) is 33.1 Å². The average molecular weight is 399 g/mol. The molecule has 2 N–H and O–H groups in total. The van der Waals surface area contributed by atoms with Gasteiger partial charge in [0.25, 0.3) is 5.91 Å². The molecular formula is C15H19BrN4O2S. The Morgan fingerprint density at radius 3 is 2.83 bits per heavy atom. The Balaban J connectivity index is 1.92. The zero-order valence-electron chi connectivity index (χ0n) is 13.0. The molecule has 0 saturated heterocycles. The van der Waals surface area contributed by atoms with Crippen molar-refractivity contribution >= 4 is 44.9 Å². The average Bonchev–Trinajstić information content (AvgIpc) is 3.14. The number of hydrogen-bond donors (Lipinski definition) is 2. The molecule has 23 heavy (non-hydrogen) atoms. The van der Waals surface area contributed by atoms with E-state index in [0.29, 0.717) is 10.7 Å². The highest BCUT2D eigenvalue weighted by Gasteiger charge is 2.18. The van der Waals surface area contributed by atoms with Crippen LogP contribution in [0.2, 0.25) is 0 Å². The van der Waals surface area contributed by atoms with Gasteiger partial charge in [-0.1, -0.05) is 13.3 Å². The van der Waals surface area contributed by atoms with E-state index in [9.17, 15) is 9.59 Å². The van der Waals surface area contributed by atoms with Gasteiger partial charge in [-0.3, -0.25) is 9.59 Å². The van der Waals surface area contributed by atoms with Crippen molar-refractivity contribution in [2.75, 3.05) is 5.32 Å². The lowest BCUT2D eigenvalue weighted by molar-refractivity contribution is -0.117. The van der Waals surface area contributed by atoms with Crippen LogP contribution in [0.15, 0.2) is 28.2 Å². The third kappa shape index (κ3) is 4.90. The normalized spacial score (nSPS) is 12.0. The standard InChI is InChI=1S/C15H19BrN4O2S/c1-3-4-9-20-13(7-8-17-20)19-14(21)10(2)18-15(22)11-5-6-12(16)23-11/h5-8,10H,3-4,9H2,1-2H3,(H,18,22)(H,19,21). The van der Waals surface area contributed by atoms with Gasteiger partial charge in [0, 0.05) is 12.6 Å². The molecule has 1 unspecified atom stereocenters. The van der Waals surface area contributed by atoms with E-state index in [0.717, 1.165) is 23.2 Å². The number of anilines is 1. The van der Waals surface area contributed by atoms with E-state index in [1.54, 1.807) is 36.0 Å². The molecule has 2 rings (SSSR count). The Morgan fingerprint density at radius 2 is 2.17 bits per heavy atom. The lowest BCUT2D eigenvalue weighted by atomic mass is 10.3. The van der Waals surface area contributed by atoms with Crippen molar-refractivity contribution in [2.45, 2.75) is 39.3 Å². The number of aromatic nitrogens is 2. The maximum atomic E-state index is 12.2. The third-order valence-electron chi connectivity index (χ3n) is 3.23. The number of hydrogen-bond acceptors (Lipinski definition) is 4. The van der Waals surface area contributed by atoms with Crippen molar-refractivity contribution in [1.82, 2.24) is 15.1 Å². The summed E-state index contributed by atoms with van der Waals surface area (Å²) in [6, 6.07) is 4.63. The first-order chi connectivity index (χ1) is 11.0. The Labute approximate surface area is 147 Å². The summed E-state index contributed by atoms with van der Waals surface area (Å²) in [7, 11) is 0. The molecule has 0 fully saturated rings. The van der Waals surface area contributed by atoms with E-state index < -0.39 is 6.04 Å². The molecule has 0 aliphatic rings. The number of nitrogens with zero attached hydrogens (tertiary/aromatic N) is 2. The lowest BCUT2D eigenvalue weighted by Crippen LogP contribution is -2.41. The van der Waals surface area contributed by atoms with E-state index in [4.69, 9.17) is 0 Å². The number of thiophene rings is 1. The quantitative estimate of drug-likeness (QED) is 0.751. The number of rotatable bonds is 7. The SMILES string of the molecule is CCCCn1nccc1NC(=O)C(C)NC(=O)c1ccc(Br)s1. The van der Waals surface area contributed by atoms with Crippen LogP contribution in [0.25, 0.3) is 0 Å². The van der Waals surface area contributed by atoms with Crippen molar-refractivity contribution in [3.63, 3.8) is 0 Å². The number of nitrogens with one attached hydrogen (secondary N) is 2. The van der Waals surface area contributed by atoms with Crippen LogP contribution in [0.4, 0.5) is 5.82 Å². The van der Waals surface area contributed by atoms with E-state index in [1.807, 2.05) is 0 Å². The molecule has 0 aliphatic heterocycles. The topological polar surface area (TPSA) is 76.0 Å². The summed E-state index contributed by atoms with van der Waals surface area (Å²) < 4.78 is 2.63. The Bertz CT molecular complexity index is 683. The molecule has 0 radical (unpaired) electrons. The van der Waals surface area contributed by atoms with E-state index in [1.165, 1.54) is 11.3 Å². The van der Waals surface area contributed by atoms with Gasteiger partial charge in [-0.2, -0.15) is 5.10 Å². The Kier molecular flexibility index (Phi) is 6.35. The van der Waals surface area contributed by atoms with Crippen molar-refractivity contribution in [2.24, 2.45) is 0 Å². The highest BCUT2D eigenvalue weighted by Crippen LogP contribution is 2.21. The maximum absolute atomic E-state index is 12.2. The minimum Gasteiger partial charge on any atom is -0.340 e. The molecule has 1 atom stereocenters. The first-order valence-electron chi connectivity index (χ1n) is 7.40. The number of amides is 2. The van der Waals surface area contributed by atoms with Gasteiger partial charge in [0.05, 0.1) is 14.9 Å². The second kappa shape index (κ2) is 8.26. The van der Waals surface area contributed by atoms with Gasteiger partial charge in [0.2, 0.25) is 5.91 Å². The molecule has 0 saturated carbocycles. The van der Waals surface area contributed by atoms with Gasteiger partial charge >= 0.3 is 0 Å². The van der Waals surface area contributed by atoms with Crippen LogP contribution in [0.1, 0.15) is 36.4 Å². The summed E-state index contributed by atoms with van der Waals surface area (Å²) in [6.07, 6.45) is 3.69. The van der Waals surface area contributed by atoms with Crippen LogP contribution in [0.5, 0.6) is 0 Å². The number of unbranched alkanes of at least 4 members (excludes halogenated alkanes) is 1. The monoisotopic (exact) mass is 398 g/mol.